The zero-order valence-corrected chi connectivity index (χ0v) is 14.2. The quantitative estimate of drug-likeness (QED) is 0.579. The van der Waals surface area contributed by atoms with Crippen LogP contribution in [0.2, 0.25) is 5.02 Å². The van der Waals surface area contributed by atoms with Crippen molar-refractivity contribution in [3.05, 3.63) is 58.9 Å². The van der Waals surface area contributed by atoms with Crippen molar-refractivity contribution < 1.29 is 18.7 Å². The lowest BCUT2D eigenvalue weighted by atomic mass is 9.85. The molecule has 0 amide bonds. The first-order valence-corrected chi connectivity index (χ1v) is 8.70. The van der Waals surface area contributed by atoms with Gasteiger partial charge in [0.05, 0.1) is 0 Å². The summed E-state index contributed by atoms with van der Waals surface area (Å²) in [6, 6.07) is 11.2. The third-order valence-corrected chi connectivity index (χ3v) is 5.48. The van der Waals surface area contributed by atoms with Crippen molar-refractivity contribution in [1.82, 2.24) is 0 Å². The van der Waals surface area contributed by atoms with Gasteiger partial charge in [-0.3, -0.25) is 9.59 Å². The second kappa shape index (κ2) is 5.95. The normalized spacial score (nSPS) is 21.8. The van der Waals surface area contributed by atoms with Crippen molar-refractivity contribution >= 4 is 23.4 Å². The molecule has 2 aliphatic rings. The minimum absolute atomic E-state index is 0.187. The molecule has 2 fully saturated rings. The van der Waals surface area contributed by atoms with Gasteiger partial charge < -0.3 is 4.74 Å². The molecule has 4 rings (SSSR count). The Kier molecular flexibility index (Phi) is 3.88. The molecule has 1 atom stereocenters. The Morgan fingerprint density at radius 2 is 1.64 bits per heavy atom. The van der Waals surface area contributed by atoms with Crippen molar-refractivity contribution in [3.8, 4) is 11.1 Å². The lowest BCUT2D eigenvalue weighted by molar-refractivity contribution is -0.151. The number of halogens is 2. The molecular weight excluding hydrogens is 343 g/mol. The minimum atomic E-state index is -0.981. The van der Waals surface area contributed by atoms with E-state index in [9.17, 15) is 14.0 Å². The molecule has 2 aromatic rings. The summed E-state index contributed by atoms with van der Waals surface area (Å²) in [4.78, 5) is 25.4. The van der Waals surface area contributed by atoms with Gasteiger partial charge in [-0.2, -0.15) is 0 Å². The fraction of sp³-hybridized carbons (Fsp3) is 0.300. The Bertz CT molecular complexity index is 854. The Balaban J connectivity index is 1.75. The van der Waals surface area contributed by atoms with E-state index in [1.54, 1.807) is 30.3 Å². The van der Waals surface area contributed by atoms with E-state index >= 15 is 0 Å². The molecule has 1 unspecified atom stereocenters. The van der Waals surface area contributed by atoms with E-state index in [1.165, 1.54) is 12.1 Å². The van der Waals surface area contributed by atoms with E-state index in [0.717, 1.165) is 24.0 Å². The number of carbonyl (C=O) groups is 2. The largest absolute Gasteiger partial charge is 0.450 e. The van der Waals surface area contributed by atoms with Crippen LogP contribution in [0.3, 0.4) is 0 Å². The van der Waals surface area contributed by atoms with Crippen LogP contribution in [0.5, 0.6) is 0 Å². The lowest BCUT2D eigenvalue weighted by Gasteiger charge is -2.19. The van der Waals surface area contributed by atoms with Crippen LogP contribution < -0.4 is 0 Å². The van der Waals surface area contributed by atoms with E-state index in [-0.39, 0.29) is 11.6 Å². The second-order valence-corrected chi connectivity index (χ2v) is 7.07. The summed E-state index contributed by atoms with van der Waals surface area (Å²) < 4.78 is 18.6. The van der Waals surface area contributed by atoms with Crippen LogP contribution >= 0.6 is 11.6 Å². The van der Waals surface area contributed by atoms with Gasteiger partial charge in [-0.15, -0.1) is 0 Å². The molecule has 1 aliphatic heterocycles. The molecule has 128 valence electrons. The molecule has 0 N–H and O–H groups in total. The van der Waals surface area contributed by atoms with Crippen molar-refractivity contribution in [2.24, 2.45) is 0 Å². The van der Waals surface area contributed by atoms with Crippen LogP contribution in [-0.4, -0.2) is 17.4 Å². The van der Waals surface area contributed by atoms with Crippen LogP contribution in [0.4, 0.5) is 4.39 Å². The predicted molar refractivity (Wildman–Crippen MR) is 91.9 cm³/mol. The van der Waals surface area contributed by atoms with Gasteiger partial charge in [-0.05, 0) is 66.6 Å². The maximum Gasteiger partial charge on any atom is 0.322 e. The molecule has 5 heteroatoms. The number of hydrogen-bond donors (Lipinski definition) is 0. The summed E-state index contributed by atoms with van der Waals surface area (Å²) in [5.74, 6) is -2.01. The number of hydrogen-bond acceptors (Lipinski definition) is 3. The number of ether oxygens (including phenoxy) is 1. The van der Waals surface area contributed by atoms with Gasteiger partial charge in [-0.1, -0.05) is 29.8 Å². The zero-order chi connectivity index (χ0) is 17.6. The van der Waals surface area contributed by atoms with Crippen molar-refractivity contribution in [2.75, 3.05) is 0 Å². The fourth-order valence-corrected chi connectivity index (χ4v) is 4.05. The molecule has 1 spiro atoms. The van der Waals surface area contributed by atoms with Gasteiger partial charge in [0, 0.05) is 5.02 Å². The van der Waals surface area contributed by atoms with Crippen molar-refractivity contribution in [3.63, 3.8) is 0 Å². The molecule has 1 heterocycles. The van der Waals surface area contributed by atoms with Crippen molar-refractivity contribution in [2.45, 2.75) is 37.2 Å². The average molecular weight is 359 g/mol. The standard InChI is InChI=1S/C20H16ClFO3/c21-16-8-5-13(12-3-6-14(22)7-4-12)11-15(16)17-18(23)20(25-19(17)24)9-1-2-10-20/h3-8,11,17H,1-2,9-10H2. The summed E-state index contributed by atoms with van der Waals surface area (Å²) in [6.07, 6.45) is 2.94. The summed E-state index contributed by atoms with van der Waals surface area (Å²) in [5, 5.41) is 0.358. The molecule has 0 radical (unpaired) electrons. The number of esters is 1. The van der Waals surface area contributed by atoms with Crippen LogP contribution in [0.1, 0.15) is 37.2 Å². The highest BCUT2D eigenvalue weighted by Crippen LogP contribution is 2.46. The Hall–Kier alpha value is -2.20. The van der Waals surface area contributed by atoms with Crippen LogP contribution in [0, 0.1) is 5.82 Å². The summed E-state index contributed by atoms with van der Waals surface area (Å²) >= 11 is 6.29. The average Bonchev–Trinajstić information content (AvgIpc) is 3.15. The van der Waals surface area contributed by atoms with Crippen molar-refractivity contribution in [1.29, 1.82) is 0 Å². The Morgan fingerprint density at radius 1 is 1.00 bits per heavy atom. The van der Waals surface area contributed by atoms with Gasteiger partial charge in [0.25, 0.3) is 0 Å². The van der Waals surface area contributed by atoms with Crippen LogP contribution in [0.25, 0.3) is 11.1 Å². The first-order valence-electron chi connectivity index (χ1n) is 8.33. The number of Topliss-reactive ketones (excluding diaryl/α,β-unsaturated/α-hetero) is 1. The molecule has 1 aliphatic carbocycles. The monoisotopic (exact) mass is 358 g/mol. The third kappa shape index (κ3) is 2.65. The molecule has 1 saturated carbocycles. The Morgan fingerprint density at radius 3 is 2.32 bits per heavy atom. The van der Waals surface area contributed by atoms with E-state index in [4.69, 9.17) is 16.3 Å². The zero-order valence-electron chi connectivity index (χ0n) is 13.4. The number of ketones is 1. The highest BCUT2D eigenvalue weighted by Gasteiger charge is 2.57. The highest BCUT2D eigenvalue weighted by molar-refractivity contribution is 6.32. The van der Waals surface area contributed by atoms with Gasteiger partial charge in [0.15, 0.2) is 11.4 Å². The summed E-state index contributed by atoms with van der Waals surface area (Å²) in [7, 11) is 0. The number of carbonyl (C=O) groups excluding carboxylic acids is 2. The molecule has 25 heavy (non-hydrogen) atoms. The van der Waals surface area contributed by atoms with Crippen LogP contribution in [0.15, 0.2) is 42.5 Å². The third-order valence-electron chi connectivity index (χ3n) is 5.14. The van der Waals surface area contributed by atoms with E-state index in [2.05, 4.69) is 0 Å². The summed E-state index contributed by atoms with van der Waals surface area (Å²) in [5.41, 5.74) is 1.06. The van der Waals surface area contributed by atoms with E-state index in [1.807, 2.05) is 0 Å². The molecule has 2 aromatic carbocycles. The van der Waals surface area contributed by atoms with Gasteiger partial charge in [0.2, 0.25) is 0 Å². The first kappa shape index (κ1) is 16.3. The smallest absolute Gasteiger partial charge is 0.322 e. The molecule has 0 bridgehead atoms. The summed E-state index contributed by atoms with van der Waals surface area (Å²) in [6.45, 7) is 0. The SMILES string of the molecule is O=C1OC2(CCCC2)C(=O)C1c1cc(-c2ccc(F)cc2)ccc1Cl. The fourth-order valence-electron chi connectivity index (χ4n) is 3.82. The molecule has 1 saturated heterocycles. The lowest BCUT2D eigenvalue weighted by Crippen LogP contribution is -2.33. The second-order valence-electron chi connectivity index (χ2n) is 6.66. The number of rotatable bonds is 2. The topological polar surface area (TPSA) is 43.4 Å². The minimum Gasteiger partial charge on any atom is -0.450 e. The number of benzene rings is 2. The van der Waals surface area contributed by atoms with Crippen LogP contribution in [-0.2, 0) is 14.3 Å². The maximum absolute atomic E-state index is 13.1. The van der Waals surface area contributed by atoms with E-state index in [0.29, 0.717) is 23.4 Å². The molecular formula is C20H16ClFO3. The van der Waals surface area contributed by atoms with Gasteiger partial charge >= 0.3 is 5.97 Å². The van der Waals surface area contributed by atoms with Gasteiger partial charge in [-0.25, -0.2) is 4.39 Å². The highest BCUT2D eigenvalue weighted by atomic mass is 35.5. The molecule has 3 nitrogen and oxygen atoms in total. The predicted octanol–water partition coefficient (Wildman–Crippen LogP) is 4.67. The Labute approximate surface area is 149 Å². The first-order chi connectivity index (χ1) is 12.0. The van der Waals surface area contributed by atoms with E-state index < -0.39 is 17.5 Å². The van der Waals surface area contributed by atoms with Gasteiger partial charge in [0.1, 0.15) is 11.7 Å². The maximum atomic E-state index is 13.1. The molecule has 0 aromatic heterocycles.